The van der Waals surface area contributed by atoms with Crippen molar-refractivity contribution in [2.75, 3.05) is 50.1 Å². The van der Waals surface area contributed by atoms with Crippen molar-refractivity contribution < 1.29 is 32.3 Å². The van der Waals surface area contributed by atoms with E-state index in [4.69, 9.17) is 4.74 Å². The van der Waals surface area contributed by atoms with Crippen molar-refractivity contribution in [3.8, 4) is 11.3 Å². The molecule has 290 valence electrons. The molecule has 1 atom stereocenters. The summed E-state index contributed by atoms with van der Waals surface area (Å²) in [5.41, 5.74) is 3.89. The molecule has 3 heterocycles. The number of benzene rings is 3. The molecule has 1 aromatic heterocycles. The van der Waals surface area contributed by atoms with Crippen LogP contribution in [-0.4, -0.2) is 67.4 Å². The van der Waals surface area contributed by atoms with E-state index in [1.807, 2.05) is 36.4 Å². The lowest BCUT2D eigenvalue weighted by molar-refractivity contribution is -0.137. The fraction of sp³-hybridized carbons (Fsp3) is 0.395. The zero-order chi connectivity index (χ0) is 38.8. The highest BCUT2D eigenvalue weighted by Gasteiger charge is 2.30. The number of carbonyl (C=O) groups is 3. The molecule has 2 fully saturated rings. The van der Waals surface area contributed by atoms with E-state index in [0.717, 1.165) is 75.1 Å². The smallest absolute Gasteiger partial charge is 0.385 e. The van der Waals surface area contributed by atoms with Crippen molar-refractivity contribution in [1.29, 1.82) is 0 Å². The highest BCUT2D eigenvalue weighted by Crippen LogP contribution is 2.34. The lowest BCUT2D eigenvalue weighted by Crippen LogP contribution is -2.38. The van der Waals surface area contributed by atoms with Gasteiger partial charge < -0.3 is 20.3 Å². The number of nitrogens with one attached hydrogen (secondary N) is 2. The van der Waals surface area contributed by atoms with E-state index in [9.17, 15) is 27.6 Å². The number of aromatic nitrogens is 1. The number of piperidine rings is 2. The number of halogens is 3. The first kappa shape index (κ1) is 39.6. The first-order chi connectivity index (χ1) is 26.6. The molecule has 3 aromatic carbocycles. The standard InChI is InChI=1S/C43H48F3N5O4/c1-55-22-8-14-40(52)34-12-7-19-50(29-34)28-31-10-5-11-32(23-31)42(54)49-38-16-15-36(51-20-3-2-4-21-51)26-37(38)39-25-33(17-18-47-39)41(53)48-27-30-9-6-13-35(24-30)43(44,45)46/h5-6,9-11,13,15-18,23-26,34H,2-4,7-8,12,14,19-22,27-29H2,1H3,(H,48,53)(H,49,54)/t34-/m1/s1. The zero-order valence-electron chi connectivity index (χ0n) is 31.2. The topological polar surface area (TPSA) is 104 Å². The third-order valence-corrected chi connectivity index (χ3v) is 10.3. The van der Waals surface area contributed by atoms with Gasteiger partial charge in [-0.2, -0.15) is 13.2 Å². The van der Waals surface area contributed by atoms with Gasteiger partial charge in [-0.15, -0.1) is 0 Å². The largest absolute Gasteiger partial charge is 0.416 e. The summed E-state index contributed by atoms with van der Waals surface area (Å²) in [6, 6.07) is 21.4. The summed E-state index contributed by atoms with van der Waals surface area (Å²) >= 11 is 0. The van der Waals surface area contributed by atoms with Gasteiger partial charge in [0.15, 0.2) is 0 Å². The molecule has 2 saturated heterocycles. The number of Topliss-reactive ketones (excluding diaryl/α,β-unsaturated/α-hetero) is 1. The molecule has 0 unspecified atom stereocenters. The van der Waals surface area contributed by atoms with Crippen LogP contribution in [0.5, 0.6) is 0 Å². The number of amides is 2. The maximum absolute atomic E-state index is 13.8. The summed E-state index contributed by atoms with van der Waals surface area (Å²) in [5, 5.41) is 5.81. The second kappa shape index (κ2) is 18.5. The summed E-state index contributed by atoms with van der Waals surface area (Å²) in [6.07, 6.45) is 3.45. The predicted octanol–water partition coefficient (Wildman–Crippen LogP) is 8.15. The summed E-state index contributed by atoms with van der Waals surface area (Å²) in [7, 11) is 1.64. The molecule has 9 nitrogen and oxygen atoms in total. The number of rotatable bonds is 14. The number of methoxy groups -OCH3 is 1. The Hall–Kier alpha value is -5.07. The maximum Gasteiger partial charge on any atom is 0.416 e. The summed E-state index contributed by atoms with van der Waals surface area (Å²) < 4.78 is 44.8. The van der Waals surface area contributed by atoms with Crippen LogP contribution in [0.3, 0.4) is 0 Å². The number of ketones is 1. The third-order valence-electron chi connectivity index (χ3n) is 10.3. The van der Waals surface area contributed by atoms with Crippen LogP contribution in [0.25, 0.3) is 11.3 Å². The van der Waals surface area contributed by atoms with Gasteiger partial charge >= 0.3 is 6.18 Å². The van der Waals surface area contributed by atoms with Crippen LogP contribution in [-0.2, 0) is 28.8 Å². The Balaban J connectivity index is 1.18. The highest BCUT2D eigenvalue weighted by molar-refractivity contribution is 6.06. The van der Waals surface area contributed by atoms with E-state index < -0.39 is 17.6 Å². The minimum atomic E-state index is -4.48. The number of hydrogen-bond donors (Lipinski definition) is 2. The number of likely N-dealkylation sites (tertiary alicyclic amines) is 1. The number of nitrogens with zero attached hydrogens (tertiary/aromatic N) is 3. The van der Waals surface area contributed by atoms with E-state index in [1.165, 1.54) is 24.8 Å². The van der Waals surface area contributed by atoms with Crippen LogP contribution in [0.15, 0.2) is 85.1 Å². The van der Waals surface area contributed by atoms with Crippen LogP contribution in [0, 0.1) is 5.92 Å². The molecule has 55 heavy (non-hydrogen) atoms. The number of hydrogen-bond acceptors (Lipinski definition) is 7. The highest BCUT2D eigenvalue weighted by atomic mass is 19.4. The van der Waals surface area contributed by atoms with Crippen LogP contribution in [0.2, 0.25) is 0 Å². The second-order valence-corrected chi connectivity index (χ2v) is 14.4. The SMILES string of the molecule is COCCCC(=O)[C@@H]1CCCN(Cc2cccc(C(=O)Nc3ccc(N4CCCCC4)cc3-c3cc(C(=O)NCc4cccc(C(F)(F)F)c4)ccn3)c2)C1. The zero-order valence-corrected chi connectivity index (χ0v) is 31.2. The lowest BCUT2D eigenvalue weighted by atomic mass is 9.91. The summed E-state index contributed by atoms with van der Waals surface area (Å²) in [5.74, 6) is -0.468. The van der Waals surface area contributed by atoms with E-state index >= 15 is 0 Å². The molecular weight excluding hydrogens is 707 g/mol. The maximum atomic E-state index is 13.8. The van der Waals surface area contributed by atoms with Crippen molar-refractivity contribution in [2.45, 2.75) is 64.2 Å². The Morgan fingerprint density at radius 1 is 0.855 bits per heavy atom. The van der Waals surface area contributed by atoms with E-state index in [0.29, 0.717) is 54.2 Å². The molecule has 0 aliphatic carbocycles. The van der Waals surface area contributed by atoms with Gasteiger partial charge in [-0.05, 0) is 111 Å². The average Bonchev–Trinajstić information content (AvgIpc) is 3.20. The molecule has 12 heteroatoms. The van der Waals surface area contributed by atoms with Crippen molar-refractivity contribution >= 4 is 29.0 Å². The van der Waals surface area contributed by atoms with Gasteiger partial charge in [0.1, 0.15) is 5.78 Å². The molecule has 6 rings (SSSR count). The van der Waals surface area contributed by atoms with Crippen LogP contribution < -0.4 is 15.5 Å². The molecule has 4 aromatic rings. The van der Waals surface area contributed by atoms with Gasteiger partial charge in [0.05, 0.1) is 16.9 Å². The molecule has 0 spiro atoms. The van der Waals surface area contributed by atoms with Crippen LogP contribution in [0.4, 0.5) is 24.5 Å². The summed E-state index contributed by atoms with van der Waals surface area (Å²) in [6.45, 7) is 4.52. The number of pyridine rings is 1. The molecular formula is C43H48F3N5O4. The molecule has 2 aliphatic heterocycles. The fourth-order valence-corrected chi connectivity index (χ4v) is 7.38. The van der Waals surface area contributed by atoms with Gasteiger partial charge in [0.25, 0.3) is 11.8 Å². The Morgan fingerprint density at radius 2 is 1.64 bits per heavy atom. The Labute approximate surface area is 320 Å². The molecule has 2 aliphatic rings. The van der Waals surface area contributed by atoms with E-state index in [1.54, 1.807) is 25.3 Å². The van der Waals surface area contributed by atoms with E-state index in [2.05, 4.69) is 25.4 Å². The molecule has 0 bridgehead atoms. The number of anilines is 2. The number of ether oxygens (including phenoxy) is 1. The normalized spacial score (nSPS) is 16.4. The van der Waals surface area contributed by atoms with Crippen LogP contribution in [0.1, 0.15) is 82.4 Å². The minimum absolute atomic E-state index is 0.0111. The minimum Gasteiger partial charge on any atom is -0.385 e. The quantitative estimate of drug-likeness (QED) is 0.125. The van der Waals surface area contributed by atoms with Gasteiger partial charge in [-0.3, -0.25) is 24.3 Å². The van der Waals surface area contributed by atoms with Gasteiger partial charge in [-0.25, -0.2) is 0 Å². The molecule has 0 radical (unpaired) electrons. The van der Waals surface area contributed by atoms with Gasteiger partial charge in [0, 0.05) is 87.4 Å². The van der Waals surface area contributed by atoms with Crippen molar-refractivity contribution in [2.24, 2.45) is 5.92 Å². The number of alkyl halides is 3. The first-order valence-electron chi connectivity index (χ1n) is 19.0. The fourth-order valence-electron chi connectivity index (χ4n) is 7.38. The molecule has 2 N–H and O–H groups in total. The Bertz CT molecular complexity index is 1960. The van der Waals surface area contributed by atoms with Gasteiger partial charge in [0.2, 0.25) is 0 Å². The first-order valence-corrected chi connectivity index (χ1v) is 19.0. The van der Waals surface area contributed by atoms with Crippen LogP contribution >= 0.6 is 0 Å². The Morgan fingerprint density at radius 3 is 2.44 bits per heavy atom. The second-order valence-electron chi connectivity index (χ2n) is 14.4. The third kappa shape index (κ3) is 10.8. The predicted molar refractivity (Wildman–Crippen MR) is 207 cm³/mol. The Kier molecular flexibility index (Phi) is 13.3. The van der Waals surface area contributed by atoms with Gasteiger partial charge in [-0.1, -0.05) is 24.3 Å². The average molecular weight is 756 g/mol. The van der Waals surface area contributed by atoms with Crippen molar-refractivity contribution in [1.82, 2.24) is 15.2 Å². The van der Waals surface area contributed by atoms with E-state index in [-0.39, 0.29) is 29.7 Å². The molecule has 0 saturated carbocycles. The molecule has 2 amide bonds. The summed E-state index contributed by atoms with van der Waals surface area (Å²) in [4.78, 5) is 49.1. The van der Waals surface area contributed by atoms with Crippen molar-refractivity contribution in [3.63, 3.8) is 0 Å². The monoisotopic (exact) mass is 755 g/mol. The number of carbonyl (C=O) groups excluding carboxylic acids is 3. The van der Waals surface area contributed by atoms with Crippen molar-refractivity contribution in [3.05, 3.63) is 113 Å². The lowest BCUT2D eigenvalue weighted by Gasteiger charge is -2.32.